The van der Waals surface area contributed by atoms with Crippen molar-refractivity contribution in [3.63, 3.8) is 0 Å². The second-order valence-electron chi connectivity index (χ2n) is 6.88. The van der Waals surface area contributed by atoms with Crippen molar-refractivity contribution in [3.05, 3.63) is 35.4 Å². The van der Waals surface area contributed by atoms with Crippen molar-refractivity contribution in [3.8, 4) is 28.5 Å². The number of nitrogens with one attached hydrogen (secondary N) is 1. The summed E-state index contributed by atoms with van der Waals surface area (Å²) in [6.07, 6.45) is 3.37. The summed E-state index contributed by atoms with van der Waals surface area (Å²) in [4.78, 5) is 13.2. The quantitative estimate of drug-likeness (QED) is 0.701. The Morgan fingerprint density at radius 1 is 1.25 bits per heavy atom. The van der Waals surface area contributed by atoms with E-state index in [0.717, 1.165) is 23.5 Å². The van der Waals surface area contributed by atoms with Crippen molar-refractivity contribution in [1.29, 1.82) is 5.26 Å². The number of rotatable bonds is 5. The van der Waals surface area contributed by atoms with Crippen molar-refractivity contribution in [2.45, 2.75) is 47.2 Å². The second-order valence-corrected chi connectivity index (χ2v) is 6.88. The van der Waals surface area contributed by atoms with E-state index in [1.807, 2.05) is 45.4 Å². The fourth-order valence-corrected chi connectivity index (χ4v) is 3.21. The van der Waals surface area contributed by atoms with Gasteiger partial charge < -0.3 is 11.1 Å². The molecule has 0 atom stereocenters. The Labute approximate surface area is 164 Å². The first kappa shape index (κ1) is 19.3. The highest BCUT2D eigenvalue weighted by molar-refractivity contribution is 5.80. The van der Waals surface area contributed by atoms with Crippen LogP contribution in [-0.2, 0) is 6.54 Å². The number of nitrogen functional groups attached to an aromatic ring is 1. The van der Waals surface area contributed by atoms with Crippen LogP contribution in [0.15, 0.2) is 18.5 Å². The zero-order valence-corrected chi connectivity index (χ0v) is 16.8. The minimum atomic E-state index is 0.183. The molecule has 0 saturated carbocycles. The lowest BCUT2D eigenvalue weighted by atomic mass is 10.00. The molecule has 8 heteroatoms. The lowest BCUT2D eigenvalue weighted by molar-refractivity contribution is 0.634. The Balaban J connectivity index is 2.15. The van der Waals surface area contributed by atoms with E-state index in [9.17, 15) is 5.26 Å². The molecule has 0 unspecified atom stereocenters. The maximum Gasteiger partial charge on any atom is 0.222 e. The van der Waals surface area contributed by atoms with E-state index in [-0.39, 0.29) is 11.9 Å². The van der Waals surface area contributed by atoms with Crippen molar-refractivity contribution >= 4 is 11.8 Å². The highest BCUT2D eigenvalue weighted by Gasteiger charge is 2.19. The lowest BCUT2D eigenvalue weighted by Crippen LogP contribution is -2.12. The van der Waals surface area contributed by atoms with Gasteiger partial charge in [-0.15, -0.1) is 0 Å². The molecule has 0 aliphatic carbocycles. The summed E-state index contributed by atoms with van der Waals surface area (Å²) in [6, 6.07) is 4.24. The molecule has 0 aromatic carbocycles. The molecule has 0 amide bonds. The van der Waals surface area contributed by atoms with Crippen molar-refractivity contribution in [1.82, 2.24) is 24.7 Å². The fourth-order valence-electron chi connectivity index (χ4n) is 3.21. The summed E-state index contributed by atoms with van der Waals surface area (Å²) in [6.45, 7) is 10.8. The molecule has 0 aliphatic rings. The zero-order valence-electron chi connectivity index (χ0n) is 16.8. The molecular formula is C20H24N8. The monoisotopic (exact) mass is 376 g/mol. The number of anilines is 2. The lowest BCUT2D eigenvalue weighted by Gasteiger charge is -2.11. The Bertz CT molecular complexity index is 1040. The average Bonchev–Trinajstić information content (AvgIpc) is 2.94. The van der Waals surface area contributed by atoms with Gasteiger partial charge in [0, 0.05) is 47.4 Å². The molecule has 144 valence electrons. The third kappa shape index (κ3) is 3.51. The Kier molecular flexibility index (Phi) is 5.27. The number of aryl methyl sites for hydroxylation is 2. The first-order valence-corrected chi connectivity index (χ1v) is 9.19. The van der Waals surface area contributed by atoms with Gasteiger partial charge in [0.25, 0.3) is 0 Å². The topological polar surface area (TPSA) is 118 Å². The van der Waals surface area contributed by atoms with Crippen LogP contribution in [-0.4, -0.2) is 30.8 Å². The van der Waals surface area contributed by atoms with E-state index in [2.05, 4.69) is 31.4 Å². The number of nitrogens with two attached hydrogens (primary N) is 1. The molecular weight excluding hydrogens is 352 g/mol. The molecule has 0 fully saturated rings. The van der Waals surface area contributed by atoms with E-state index in [0.29, 0.717) is 28.3 Å². The summed E-state index contributed by atoms with van der Waals surface area (Å²) >= 11 is 0. The summed E-state index contributed by atoms with van der Waals surface area (Å²) in [5.74, 6) is 0.720. The maximum absolute atomic E-state index is 9.61. The molecule has 0 saturated heterocycles. The Morgan fingerprint density at radius 2 is 1.93 bits per heavy atom. The molecule has 3 aromatic heterocycles. The van der Waals surface area contributed by atoms with Gasteiger partial charge in [-0.2, -0.15) is 10.4 Å². The normalized spacial score (nSPS) is 10.9. The van der Waals surface area contributed by atoms with Gasteiger partial charge in [0.1, 0.15) is 17.5 Å². The van der Waals surface area contributed by atoms with E-state index < -0.39 is 0 Å². The molecule has 0 aliphatic heterocycles. The van der Waals surface area contributed by atoms with E-state index >= 15 is 0 Å². The van der Waals surface area contributed by atoms with Crippen LogP contribution in [0.5, 0.6) is 0 Å². The second kappa shape index (κ2) is 7.64. The maximum atomic E-state index is 9.61. The molecule has 3 N–H and O–H groups in total. The molecule has 8 nitrogen and oxygen atoms in total. The van der Waals surface area contributed by atoms with Gasteiger partial charge >= 0.3 is 0 Å². The van der Waals surface area contributed by atoms with Crippen LogP contribution >= 0.6 is 0 Å². The smallest absolute Gasteiger partial charge is 0.222 e. The number of nitrogens with zero attached hydrogens (tertiary/aromatic N) is 6. The molecule has 3 rings (SSSR count). The van der Waals surface area contributed by atoms with Gasteiger partial charge in [-0.05, 0) is 40.7 Å². The highest BCUT2D eigenvalue weighted by Crippen LogP contribution is 2.33. The number of pyridine rings is 1. The minimum Gasteiger partial charge on any atom is -0.383 e. The van der Waals surface area contributed by atoms with E-state index in [1.165, 1.54) is 0 Å². The Hall–Kier alpha value is -3.47. The summed E-state index contributed by atoms with van der Waals surface area (Å²) in [5, 5.41) is 17.3. The third-order valence-corrected chi connectivity index (χ3v) is 4.48. The van der Waals surface area contributed by atoms with Gasteiger partial charge in [0.05, 0.1) is 11.4 Å². The average molecular weight is 376 g/mol. The van der Waals surface area contributed by atoms with Crippen molar-refractivity contribution in [2.75, 3.05) is 11.1 Å². The molecule has 28 heavy (non-hydrogen) atoms. The van der Waals surface area contributed by atoms with Crippen LogP contribution in [0.4, 0.5) is 11.8 Å². The largest absolute Gasteiger partial charge is 0.383 e. The number of hydrogen-bond donors (Lipinski definition) is 2. The first-order valence-electron chi connectivity index (χ1n) is 9.19. The predicted molar refractivity (Wildman–Crippen MR) is 110 cm³/mol. The van der Waals surface area contributed by atoms with Crippen LogP contribution in [0.2, 0.25) is 0 Å². The van der Waals surface area contributed by atoms with Gasteiger partial charge in [-0.25, -0.2) is 15.0 Å². The Morgan fingerprint density at radius 3 is 2.46 bits per heavy atom. The van der Waals surface area contributed by atoms with Gasteiger partial charge in [-0.3, -0.25) is 4.68 Å². The predicted octanol–water partition coefficient (Wildman–Crippen LogP) is 3.31. The fraction of sp³-hybridized carbons (Fsp3) is 0.350. The van der Waals surface area contributed by atoms with Crippen molar-refractivity contribution in [2.24, 2.45) is 0 Å². The zero-order chi connectivity index (χ0) is 20.4. The van der Waals surface area contributed by atoms with Crippen LogP contribution < -0.4 is 11.1 Å². The standard InChI is InChI=1S/C20H24N8/c1-6-28-13(5)18(12(4)27-28)17-7-15(16(8-21)19(22)26-17)14-9-23-20(24-10-14)25-11(2)3/h7,9-11H,6H2,1-5H3,(H2,22,26)(H,23,24,25). The van der Waals surface area contributed by atoms with Gasteiger partial charge in [-0.1, -0.05) is 0 Å². The van der Waals surface area contributed by atoms with Crippen LogP contribution in [0.3, 0.4) is 0 Å². The van der Waals surface area contributed by atoms with Crippen molar-refractivity contribution < 1.29 is 0 Å². The minimum absolute atomic E-state index is 0.183. The number of aromatic nitrogens is 5. The number of hydrogen-bond acceptors (Lipinski definition) is 7. The number of nitriles is 1. The molecule has 0 bridgehead atoms. The molecule has 3 aromatic rings. The third-order valence-electron chi connectivity index (χ3n) is 4.48. The van der Waals surface area contributed by atoms with E-state index in [1.54, 1.807) is 12.4 Å². The van der Waals surface area contributed by atoms with Crippen LogP contribution in [0.25, 0.3) is 22.4 Å². The summed E-state index contributed by atoms with van der Waals surface area (Å²) < 4.78 is 1.93. The molecule has 0 radical (unpaired) electrons. The van der Waals surface area contributed by atoms with Crippen LogP contribution in [0.1, 0.15) is 37.7 Å². The highest BCUT2D eigenvalue weighted by atomic mass is 15.3. The molecule has 0 spiro atoms. The first-order chi connectivity index (χ1) is 13.3. The summed E-state index contributed by atoms with van der Waals surface area (Å²) in [5.41, 5.74) is 11.3. The SMILES string of the molecule is CCn1nc(C)c(-c2cc(-c3cnc(NC(C)C)nc3)c(C#N)c(N)n2)c1C. The van der Waals surface area contributed by atoms with E-state index in [4.69, 9.17) is 5.73 Å². The van der Waals surface area contributed by atoms with Crippen LogP contribution in [0, 0.1) is 25.2 Å². The van der Waals surface area contributed by atoms with Gasteiger partial charge in [0.2, 0.25) is 5.95 Å². The summed E-state index contributed by atoms with van der Waals surface area (Å²) in [7, 11) is 0. The van der Waals surface area contributed by atoms with Gasteiger partial charge in [0.15, 0.2) is 0 Å². The molecule has 3 heterocycles.